The van der Waals surface area contributed by atoms with Gasteiger partial charge in [-0.25, -0.2) is 8.42 Å². The topological polar surface area (TPSA) is 57.7 Å². The lowest BCUT2D eigenvalue weighted by atomic mass is 10.2. The number of hydrogen-bond acceptors (Lipinski definition) is 3. The molecule has 1 fully saturated rings. The highest BCUT2D eigenvalue weighted by atomic mass is 35.5. The van der Waals surface area contributed by atoms with Crippen molar-refractivity contribution in [1.82, 2.24) is 9.21 Å². The van der Waals surface area contributed by atoms with Crippen LogP contribution in [0.25, 0.3) is 0 Å². The molecule has 20 heavy (non-hydrogen) atoms. The first-order valence-electron chi connectivity index (χ1n) is 6.32. The Morgan fingerprint density at radius 3 is 2.70 bits per heavy atom. The summed E-state index contributed by atoms with van der Waals surface area (Å²) in [7, 11) is -0.428. The number of rotatable bonds is 3. The molecule has 1 aromatic carbocycles. The number of sulfonamides is 1. The first-order chi connectivity index (χ1) is 9.34. The minimum Gasteiger partial charge on any atom is -0.347 e. The van der Waals surface area contributed by atoms with Crippen LogP contribution in [0.2, 0.25) is 5.02 Å². The average molecular weight is 317 g/mol. The fourth-order valence-corrected chi connectivity index (χ4v) is 4.29. The van der Waals surface area contributed by atoms with Crippen molar-refractivity contribution < 1.29 is 13.2 Å². The quantitative estimate of drug-likeness (QED) is 0.850. The number of carbonyl (C=O) groups excluding carboxylic acids is 1. The molecule has 0 saturated carbocycles. The van der Waals surface area contributed by atoms with Crippen LogP contribution in [-0.2, 0) is 14.8 Å². The molecule has 0 N–H and O–H groups in total. The molecular weight excluding hydrogens is 300 g/mol. The summed E-state index contributed by atoms with van der Waals surface area (Å²) in [5.41, 5.74) is 0. The number of carbonyl (C=O) groups is 1. The number of benzene rings is 1. The molecule has 1 aliphatic rings. The highest BCUT2D eigenvalue weighted by Gasteiger charge is 2.39. The Balaban J connectivity index is 2.36. The van der Waals surface area contributed by atoms with E-state index >= 15 is 0 Å². The van der Waals surface area contributed by atoms with Crippen LogP contribution in [0, 0.1) is 0 Å². The first-order valence-corrected chi connectivity index (χ1v) is 8.14. The van der Waals surface area contributed by atoms with Crippen molar-refractivity contribution in [1.29, 1.82) is 0 Å². The highest BCUT2D eigenvalue weighted by molar-refractivity contribution is 7.89. The summed E-state index contributed by atoms with van der Waals surface area (Å²) in [6, 6.07) is 5.50. The molecule has 1 saturated heterocycles. The summed E-state index contributed by atoms with van der Waals surface area (Å²) in [5.74, 6) is -0.187. The maximum Gasteiger partial charge on any atom is 0.243 e. The highest BCUT2D eigenvalue weighted by Crippen LogP contribution is 2.28. The molecule has 1 aromatic rings. The second-order valence-electron chi connectivity index (χ2n) is 4.96. The smallest absolute Gasteiger partial charge is 0.243 e. The van der Waals surface area contributed by atoms with E-state index < -0.39 is 16.1 Å². The maximum atomic E-state index is 12.6. The Bertz CT molecular complexity index is 616. The van der Waals surface area contributed by atoms with Gasteiger partial charge in [-0.3, -0.25) is 4.79 Å². The van der Waals surface area contributed by atoms with E-state index in [0.29, 0.717) is 24.4 Å². The van der Waals surface area contributed by atoms with Gasteiger partial charge in [0.25, 0.3) is 0 Å². The lowest BCUT2D eigenvalue weighted by Gasteiger charge is -2.25. The molecule has 0 aromatic heterocycles. The molecule has 5 nitrogen and oxygen atoms in total. The van der Waals surface area contributed by atoms with Crippen LogP contribution >= 0.6 is 11.6 Å². The van der Waals surface area contributed by atoms with E-state index in [9.17, 15) is 13.2 Å². The molecule has 2 rings (SSSR count). The summed E-state index contributed by atoms with van der Waals surface area (Å²) < 4.78 is 26.5. The van der Waals surface area contributed by atoms with Gasteiger partial charge in [0, 0.05) is 25.7 Å². The summed E-state index contributed by atoms with van der Waals surface area (Å²) >= 11 is 5.85. The van der Waals surface area contributed by atoms with Crippen molar-refractivity contribution in [2.75, 3.05) is 20.6 Å². The minimum atomic E-state index is -3.69. The number of likely N-dealkylation sites (N-methyl/N-ethyl adjacent to an activating group) is 1. The van der Waals surface area contributed by atoms with E-state index in [1.807, 2.05) is 0 Å². The molecule has 0 aliphatic carbocycles. The van der Waals surface area contributed by atoms with Gasteiger partial charge in [-0.2, -0.15) is 4.31 Å². The fourth-order valence-electron chi connectivity index (χ4n) is 2.34. The number of amides is 1. The van der Waals surface area contributed by atoms with Crippen LogP contribution in [0.3, 0.4) is 0 Å². The third-order valence-corrected chi connectivity index (χ3v) is 5.47. The molecule has 1 amide bonds. The standard InChI is InChI=1S/C13H17ClN2O3S/c1-15(2)13(17)12-7-4-8-16(12)20(18,19)11-6-3-5-10(14)9-11/h3,5-6,9,12H,4,7-8H2,1-2H3. The fraction of sp³-hybridized carbons (Fsp3) is 0.462. The maximum absolute atomic E-state index is 12.6. The molecule has 1 atom stereocenters. The van der Waals surface area contributed by atoms with Crippen molar-refractivity contribution in [3.8, 4) is 0 Å². The molecule has 1 heterocycles. The third-order valence-electron chi connectivity index (χ3n) is 3.33. The van der Waals surface area contributed by atoms with Crippen LogP contribution in [-0.4, -0.2) is 50.2 Å². The second kappa shape index (κ2) is 5.71. The predicted molar refractivity (Wildman–Crippen MR) is 77.1 cm³/mol. The number of hydrogen-bond donors (Lipinski definition) is 0. The Kier molecular flexibility index (Phi) is 4.36. The van der Waals surface area contributed by atoms with Gasteiger partial charge in [0.1, 0.15) is 6.04 Å². The van der Waals surface area contributed by atoms with E-state index in [2.05, 4.69) is 0 Å². The minimum absolute atomic E-state index is 0.128. The van der Waals surface area contributed by atoms with Crippen LogP contribution < -0.4 is 0 Å². The Labute approximate surface area is 124 Å². The van der Waals surface area contributed by atoms with Gasteiger partial charge in [-0.15, -0.1) is 0 Å². The normalized spacial score (nSPS) is 20.1. The van der Waals surface area contributed by atoms with Crippen LogP contribution in [0.1, 0.15) is 12.8 Å². The molecule has 7 heteroatoms. The van der Waals surface area contributed by atoms with Crippen LogP contribution in [0.5, 0.6) is 0 Å². The number of nitrogens with zero attached hydrogens (tertiary/aromatic N) is 2. The van der Waals surface area contributed by atoms with Gasteiger partial charge in [-0.05, 0) is 31.0 Å². The van der Waals surface area contributed by atoms with E-state index in [1.54, 1.807) is 26.2 Å². The Hall–Kier alpha value is -1.11. The lowest BCUT2D eigenvalue weighted by molar-refractivity contribution is -0.132. The van der Waals surface area contributed by atoms with Crippen LogP contribution in [0.15, 0.2) is 29.2 Å². The van der Waals surface area contributed by atoms with E-state index in [0.717, 1.165) is 0 Å². The lowest BCUT2D eigenvalue weighted by Crippen LogP contribution is -2.45. The van der Waals surface area contributed by atoms with Gasteiger partial charge < -0.3 is 4.90 Å². The summed E-state index contributed by atoms with van der Waals surface area (Å²) in [5, 5.41) is 0.362. The molecule has 0 spiro atoms. The van der Waals surface area contributed by atoms with E-state index in [-0.39, 0.29) is 10.8 Å². The van der Waals surface area contributed by atoms with Crippen molar-refractivity contribution >= 4 is 27.5 Å². The molecule has 0 radical (unpaired) electrons. The Morgan fingerprint density at radius 2 is 2.10 bits per heavy atom. The van der Waals surface area contributed by atoms with Gasteiger partial charge in [0.15, 0.2) is 0 Å². The van der Waals surface area contributed by atoms with E-state index in [1.165, 1.54) is 21.3 Å². The van der Waals surface area contributed by atoms with Crippen molar-refractivity contribution in [3.05, 3.63) is 29.3 Å². The van der Waals surface area contributed by atoms with Crippen molar-refractivity contribution in [3.63, 3.8) is 0 Å². The summed E-state index contributed by atoms with van der Waals surface area (Å²) in [4.78, 5) is 13.6. The Morgan fingerprint density at radius 1 is 1.40 bits per heavy atom. The van der Waals surface area contributed by atoms with Gasteiger partial charge >= 0.3 is 0 Å². The predicted octanol–water partition coefficient (Wildman–Crippen LogP) is 1.58. The van der Waals surface area contributed by atoms with Gasteiger partial charge in [0.2, 0.25) is 15.9 Å². The molecule has 110 valence electrons. The zero-order valence-electron chi connectivity index (χ0n) is 11.4. The first kappa shape index (κ1) is 15.3. The molecule has 1 unspecified atom stereocenters. The average Bonchev–Trinajstić information content (AvgIpc) is 2.87. The molecule has 1 aliphatic heterocycles. The largest absolute Gasteiger partial charge is 0.347 e. The summed E-state index contributed by atoms with van der Waals surface area (Å²) in [6.45, 7) is 0.360. The van der Waals surface area contributed by atoms with Crippen LogP contribution in [0.4, 0.5) is 0 Å². The SMILES string of the molecule is CN(C)C(=O)C1CCCN1S(=O)(=O)c1cccc(Cl)c1. The summed E-state index contributed by atoms with van der Waals surface area (Å²) in [6.07, 6.45) is 1.24. The third kappa shape index (κ3) is 2.82. The van der Waals surface area contributed by atoms with Crippen molar-refractivity contribution in [2.45, 2.75) is 23.8 Å². The van der Waals surface area contributed by atoms with Gasteiger partial charge in [0.05, 0.1) is 4.90 Å². The van der Waals surface area contributed by atoms with Gasteiger partial charge in [-0.1, -0.05) is 17.7 Å². The molecular formula is C13H17ClN2O3S. The molecule has 0 bridgehead atoms. The zero-order valence-corrected chi connectivity index (χ0v) is 13.0. The second-order valence-corrected chi connectivity index (χ2v) is 7.29. The van der Waals surface area contributed by atoms with E-state index in [4.69, 9.17) is 11.6 Å². The van der Waals surface area contributed by atoms with Crippen molar-refractivity contribution in [2.24, 2.45) is 0 Å². The monoisotopic (exact) mass is 316 g/mol. The zero-order chi connectivity index (χ0) is 14.9. The number of halogens is 1.